The number of benzene rings is 1. The Morgan fingerprint density at radius 3 is 2.20 bits per heavy atom. The first-order valence-corrected chi connectivity index (χ1v) is 23.0. The molecule has 1 unspecified atom stereocenters. The maximum absolute atomic E-state index is 14.9. The first-order valence-electron chi connectivity index (χ1n) is 23.0. The van der Waals surface area contributed by atoms with Gasteiger partial charge in [0.1, 0.15) is 30.2 Å². The molecule has 2 aliphatic heterocycles. The zero-order valence-electron chi connectivity index (χ0n) is 39.4. The van der Waals surface area contributed by atoms with Gasteiger partial charge in [0, 0.05) is 48.7 Å². The van der Waals surface area contributed by atoms with Crippen molar-refractivity contribution in [3.05, 3.63) is 103 Å². The number of carbonyl (C=O) groups excluding carboxylic acids is 8. The van der Waals surface area contributed by atoms with Crippen LogP contribution in [0, 0.1) is 11.8 Å². The van der Waals surface area contributed by atoms with Gasteiger partial charge in [-0.2, -0.15) is 30.3 Å². The summed E-state index contributed by atoms with van der Waals surface area (Å²) in [5, 5.41) is 25.0. The van der Waals surface area contributed by atoms with Crippen molar-refractivity contribution in [3.8, 4) is 0 Å². The predicted molar refractivity (Wildman–Crippen MR) is 259 cm³/mol. The smallest absolute Gasteiger partial charge is 0.394 e. The third kappa shape index (κ3) is 15.9. The van der Waals surface area contributed by atoms with E-state index in [9.17, 15) is 43.5 Å². The number of likely N-dealkylation sites (tertiary alicyclic amines) is 1. The van der Waals surface area contributed by atoms with Gasteiger partial charge in [-0.1, -0.05) is 44.2 Å². The number of aliphatic hydroxyl groups is 1. The summed E-state index contributed by atoms with van der Waals surface area (Å²) in [5.41, 5.74) is 31.1. The topological polar surface area (TPSA) is 367 Å². The van der Waals surface area contributed by atoms with Gasteiger partial charge in [0.05, 0.1) is 24.8 Å². The number of para-hydroxylation sites is 1. The van der Waals surface area contributed by atoms with Crippen molar-refractivity contribution in [2.45, 2.75) is 88.6 Å². The number of rotatable bonds is 23. The van der Waals surface area contributed by atoms with E-state index in [0.29, 0.717) is 17.7 Å². The molecule has 6 rings (SSSR count). The Morgan fingerprint density at radius 2 is 1.58 bits per heavy atom. The number of primary amides is 3. The van der Waals surface area contributed by atoms with Crippen molar-refractivity contribution < 1.29 is 60.5 Å². The molecule has 23 nitrogen and oxygen atoms in total. The summed E-state index contributed by atoms with van der Waals surface area (Å²) >= 11 is 0. The number of nitrogens with one attached hydrogen (secondary N) is 8. The van der Waals surface area contributed by atoms with Crippen molar-refractivity contribution in [2.75, 3.05) is 24.7 Å². The molecule has 9 amide bonds. The van der Waals surface area contributed by atoms with Crippen molar-refractivity contribution >= 4 is 64.0 Å². The molecule has 0 radical (unpaired) electrons. The fourth-order valence-corrected chi connectivity index (χ4v) is 8.02. The number of nitrogens with two attached hydrogens (primary N) is 4. The number of aromatic amines is 1. The van der Waals surface area contributed by atoms with Crippen LogP contribution in [-0.4, -0.2) is 118 Å². The van der Waals surface area contributed by atoms with E-state index in [1.807, 2.05) is 78.9 Å². The number of hydrazine groups is 2. The average Bonchev–Trinajstić information content (AvgIpc) is 4.20. The normalized spacial score (nSPS) is 17.5. The minimum absolute atomic E-state index is 0. The first-order chi connectivity index (χ1) is 33.5. The molecule has 0 spiro atoms. The molecule has 71 heavy (non-hydrogen) atoms. The molecular formula is C47H64FeN14O9. The standard InChI is InChI=1S/C42H59N14O9.C5H5.Fe/c1-3-22(2)35(52-39(62)30(17-34(44)58)49-37(60)27(43)12-8-14-47-42(46)65)41(64)55-19-24(31-20-56(54-53-31)25-9-4-5-10-25)16-33(55)40(63)50-29(38(61)51-32(21-57)36(45)59)15-23-18-48-28-13-7-6-11-26(23)28;1-2-4-5-3-1;/h4-7,9-11,13,18,20,22,24,27,29-30,32-33,35,48,53-54,57H,3,8,12,14-17,19,21,43H2,1-2H3,(H2,44,58)(H2,45,59)(H,49,60)(H,50,63)(H,51,61)(H,52,62)(H3,46,47,65);1-5H;/q2*-1;+2/t22-,24?,27-,29-,30-,32-,33-,35-;;/m0../s1. The summed E-state index contributed by atoms with van der Waals surface area (Å²) < 4.78 is 0. The molecule has 1 saturated heterocycles. The van der Waals surface area contributed by atoms with Gasteiger partial charge in [-0.3, -0.25) is 38.6 Å². The summed E-state index contributed by atoms with van der Waals surface area (Å²) in [6.07, 6.45) is 3.57. The number of nitrogens with zero attached hydrogens (tertiary/aromatic N) is 2. The molecule has 4 aromatic rings. The second-order valence-corrected chi connectivity index (χ2v) is 17.1. The minimum Gasteiger partial charge on any atom is -0.394 e. The third-order valence-corrected chi connectivity index (χ3v) is 12.1. The van der Waals surface area contributed by atoms with Gasteiger partial charge in [-0.15, -0.1) is 11.6 Å². The molecule has 3 aromatic carbocycles. The molecule has 8 atom stereocenters. The maximum atomic E-state index is 14.9. The molecule has 3 heterocycles. The number of aliphatic hydroxyl groups excluding tert-OH is 1. The van der Waals surface area contributed by atoms with Crippen LogP contribution < -0.4 is 65.5 Å². The Balaban J connectivity index is 0.00000171. The van der Waals surface area contributed by atoms with E-state index in [-0.39, 0.29) is 55.8 Å². The molecular weight excluding hydrogens is 960 g/mol. The number of carbonyl (C=O) groups is 8. The summed E-state index contributed by atoms with van der Waals surface area (Å²) in [5.74, 6) is -6.87. The van der Waals surface area contributed by atoms with E-state index in [0.717, 1.165) is 16.6 Å². The van der Waals surface area contributed by atoms with Crippen LogP contribution in [0.1, 0.15) is 51.5 Å². The van der Waals surface area contributed by atoms with Crippen LogP contribution in [0.3, 0.4) is 0 Å². The number of urea groups is 1. The van der Waals surface area contributed by atoms with Crippen LogP contribution in [0.15, 0.2) is 97.0 Å². The summed E-state index contributed by atoms with van der Waals surface area (Å²) in [4.78, 5) is 110. The molecule has 0 saturated carbocycles. The Morgan fingerprint density at radius 1 is 0.873 bits per heavy atom. The van der Waals surface area contributed by atoms with E-state index < -0.39 is 108 Å². The van der Waals surface area contributed by atoms with Crippen LogP contribution in [0.4, 0.5) is 10.5 Å². The average molecular weight is 1020 g/mol. The number of hydrogen-bond donors (Lipinski definition) is 13. The summed E-state index contributed by atoms with van der Waals surface area (Å²) in [6, 6.07) is 16.0. The fourth-order valence-electron chi connectivity index (χ4n) is 8.02. The number of hydrogen-bond acceptors (Lipinski definition) is 13. The van der Waals surface area contributed by atoms with E-state index >= 15 is 0 Å². The van der Waals surface area contributed by atoms with Gasteiger partial charge in [-0.25, -0.2) is 23.0 Å². The molecule has 0 aliphatic carbocycles. The van der Waals surface area contributed by atoms with Crippen LogP contribution in [0.5, 0.6) is 0 Å². The Bertz CT molecular complexity index is 2430. The second kappa shape index (κ2) is 27.2. The van der Waals surface area contributed by atoms with E-state index in [1.54, 1.807) is 31.3 Å². The minimum atomic E-state index is -1.53. The number of anilines is 1. The van der Waals surface area contributed by atoms with Gasteiger partial charge in [0.2, 0.25) is 41.4 Å². The molecule has 2 aliphatic rings. The monoisotopic (exact) mass is 1020 g/mol. The van der Waals surface area contributed by atoms with E-state index in [1.165, 1.54) is 4.90 Å². The number of fused-ring (bicyclic) bond motifs is 1. The second-order valence-electron chi connectivity index (χ2n) is 17.1. The van der Waals surface area contributed by atoms with Crippen LogP contribution in [0.25, 0.3) is 10.9 Å². The maximum Gasteiger partial charge on any atom is 2.00 e. The van der Waals surface area contributed by atoms with Gasteiger partial charge >= 0.3 is 23.1 Å². The largest absolute Gasteiger partial charge is 2.00 e. The van der Waals surface area contributed by atoms with Crippen molar-refractivity contribution in [2.24, 2.45) is 34.8 Å². The first kappa shape index (κ1) is 56.3. The third-order valence-electron chi connectivity index (χ3n) is 12.1. The van der Waals surface area contributed by atoms with Crippen LogP contribution >= 0.6 is 0 Å². The molecule has 1 fully saturated rings. The quantitative estimate of drug-likeness (QED) is 0.0230. The van der Waals surface area contributed by atoms with Gasteiger partial charge in [0.25, 0.3) is 0 Å². The molecule has 17 N–H and O–H groups in total. The predicted octanol–water partition coefficient (Wildman–Crippen LogP) is -1.47. The van der Waals surface area contributed by atoms with E-state index in [2.05, 4.69) is 42.5 Å². The Kier molecular flexibility index (Phi) is 21.6. The Labute approximate surface area is 421 Å². The van der Waals surface area contributed by atoms with Gasteiger partial charge < -0.3 is 69.9 Å². The van der Waals surface area contributed by atoms with E-state index in [4.69, 9.17) is 22.9 Å². The number of H-pyrrole nitrogens is 1. The summed E-state index contributed by atoms with van der Waals surface area (Å²) in [7, 11) is 0. The van der Waals surface area contributed by atoms with Crippen LogP contribution in [-0.2, 0) is 57.1 Å². The number of amides is 9. The fraction of sp³-hybridized carbons (Fsp3) is 0.404. The zero-order valence-corrected chi connectivity index (χ0v) is 40.5. The van der Waals surface area contributed by atoms with Crippen LogP contribution in [0.2, 0.25) is 0 Å². The Hall–Kier alpha value is -7.24. The van der Waals surface area contributed by atoms with Crippen molar-refractivity contribution in [1.29, 1.82) is 0 Å². The van der Waals surface area contributed by atoms with Gasteiger partial charge in [0.15, 0.2) is 0 Å². The molecule has 384 valence electrons. The van der Waals surface area contributed by atoms with Gasteiger partial charge in [-0.05, 0) is 36.8 Å². The SMILES string of the molecule is CC[C@H](C)[C@H](NC(=O)[C@H](CC(N)=O)NC(=O)[C@@H](N)CCCNC(N)=O)C(=O)N1CC(C2=CN(c3ccc[cH-]3)NN2)C[C@H]1C(=O)N[C@@H](Cc1c[nH]c2ccccc12)C(=O)N[C@@H](CO)C(N)=O.[Fe+2].c1cc[cH-]c1. The van der Waals surface area contributed by atoms with Crippen molar-refractivity contribution in [1.82, 2.24) is 47.4 Å². The molecule has 0 bridgehead atoms. The van der Waals surface area contributed by atoms with Crippen molar-refractivity contribution in [3.63, 3.8) is 0 Å². The number of aromatic nitrogens is 1. The molecule has 24 heteroatoms. The molecule has 1 aromatic heterocycles. The summed E-state index contributed by atoms with van der Waals surface area (Å²) in [6.45, 7) is 2.83. The zero-order chi connectivity index (χ0) is 50.9.